The molecule has 10 heteroatoms. The van der Waals surface area contributed by atoms with Crippen LogP contribution in [0.3, 0.4) is 0 Å². The molecule has 3 aromatic carbocycles. The normalized spacial score (nSPS) is 14.5. The molecule has 1 aliphatic heterocycles. The van der Waals surface area contributed by atoms with E-state index < -0.39 is 6.04 Å². The van der Waals surface area contributed by atoms with Gasteiger partial charge in [0.1, 0.15) is 12.6 Å². The highest BCUT2D eigenvalue weighted by atomic mass is 35.5. The van der Waals surface area contributed by atoms with Crippen molar-refractivity contribution >= 4 is 29.1 Å². The Morgan fingerprint density at radius 1 is 1.08 bits per heavy atom. The van der Waals surface area contributed by atoms with Gasteiger partial charge in [-0.25, -0.2) is 0 Å². The molecule has 0 radical (unpaired) electrons. The van der Waals surface area contributed by atoms with Crippen LogP contribution in [0.15, 0.2) is 71.9 Å². The van der Waals surface area contributed by atoms with Gasteiger partial charge in [0.25, 0.3) is 5.91 Å². The third kappa shape index (κ3) is 4.92. The van der Waals surface area contributed by atoms with Gasteiger partial charge in [0.05, 0.1) is 12.7 Å². The summed E-state index contributed by atoms with van der Waals surface area (Å²) in [6, 6.07) is 18.3. The van der Waals surface area contributed by atoms with Crippen molar-refractivity contribution in [3.05, 3.63) is 99.2 Å². The molecule has 5 rings (SSSR count). The van der Waals surface area contributed by atoms with E-state index in [1.54, 1.807) is 11.8 Å². The highest BCUT2D eigenvalue weighted by Crippen LogP contribution is 2.39. The predicted octanol–water partition coefficient (Wildman–Crippen LogP) is 5.46. The number of hydrogen-bond acceptors (Lipinski definition) is 7. The first-order valence-electron chi connectivity index (χ1n) is 12.0. The molecule has 2 heterocycles. The Balaban J connectivity index is 1.48. The highest BCUT2D eigenvalue weighted by molar-refractivity contribution is 6.31. The number of rotatable bonds is 7. The Bertz CT molecular complexity index is 1550. The van der Waals surface area contributed by atoms with Gasteiger partial charge in [-0.15, -0.1) is 0 Å². The summed E-state index contributed by atoms with van der Waals surface area (Å²) in [5, 5.41) is 18.9. The van der Waals surface area contributed by atoms with E-state index in [2.05, 4.69) is 26.2 Å². The fraction of sp³-hybridized carbons (Fsp3) is 0.214. The van der Waals surface area contributed by atoms with Crippen LogP contribution in [0.5, 0.6) is 11.5 Å². The number of nitrogens with one attached hydrogen (secondary N) is 2. The van der Waals surface area contributed by atoms with Crippen molar-refractivity contribution in [2.24, 2.45) is 0 Å². The third-order valence-electron chi connectivity index (χ3n) is 6.43. The minimum atomic E-state index is -0.599. The first-order chi connectivity index (χ1) is 18.4. The summed E-state index contributed by atoms with van der Waals surface area (Å²) in [6.07, 6.45) is 0. The van der Waals surface area contributed by atoms with E-state index in [-0.39, 0.29) is 12.5 Å². The molecule has 2 N–H and O–H groups in total. The van der Waals surface area contributed by atoms with E-state index in [4.69, 9.17) is 21.1 Å². The van der Waals surface area contributed by atoms with Crippen molar-refractivity contribution in [2.75, 3.05) is 17.7 Å². The Kier molecular flexibility index (Phi) is 7.02. The van der Waals surface area contributed by atoms with Crippen molar-refractivity contribution in [3.8, 4) is 11.5 Å². The van der Waals surface area contributed by atoms with E-state index in [9.17, 15) is 4.79 Å². The minimum Gasteiger partial charge on any atom is -0.493 e. The monoisotopic (exact) mass is 530 g/mol. The van der Waals surface area contributed by atoms with Gasteiger partial charge in [-0.2, -0.15) is 4.68 Å². The molecule has 9 nitrogen and oxygen atoms in total. The Hall–Kier alpha value is -4.37. The lowest BCUT2D eigenvalue weighted by Crippen LogP contribution is -2.31. The third-order valence-corrected chi connectivity index (χ3v) is 6.80. The summed E-state index contributed by atoms with van der Waals surface area (Å²) in [7, 11) is 1.57. The molecule has 0 saturated carbocycles. The second-order valence-electron chi connectivity index (χ2n) is 9.08. The minimum absolute atomic E-state index is 0.258. The highest BCUT2D eigenvalue weighted by Gasteiger charge is 2.34. The number of nitrogens with zero attached hydrogens (tertiary/aromatic N) is 4. The Morgan fingerprint density at radius 3 is 2.66 bits per heavy atom. The van der Waals surface area contributed by atoms with Crippen LogP contribution in [0.25, 0.3) is 0 Å². The molecule has 0 bridgehead atoms. The van der Waals surface area contributed by atoms with Crippen LogP contribution in [0.1, 0.15) is 35.2 Å². The lowest BCUT2D eigenvalue weighted by molar-refractivity contribution is -0.113. The summed E-state index contributed by atoms with van der Waals surface area (Å²) in [6.45, 7) is 6.09. The standard InChI is InChI=1S/C28H27ClN6O3/c1-16-9-11-22(17(2)13-16)31-27(36)25-18(3)30-28-32-33-34-35(28)26(25)19-10-12-23(24(14-19)37-4)38-15-20-7-5-6-8-21(20)29/h5-14,26H,15H2,1-4H3,(H,31,36)(H,30,32,34). The number of anilines is 2. The summed E-state index contributed by atoms with van der Waals surface area (Å²) in [5.41, 5.74) is 5.59. The lowest BCUT2D eigenvalue weighted by Gasteiger charge is -2.28. The summed E-state index contributed by atoms with van der Waals surface area (Å²) < 4.78 is 13.3. The van der Waals surface area contributed by atoms with Crippen LogP contribution in [-0.4, -0.2) is 33.2 Å². The second-order valence-corrected chi connectivity index (χ2v) is 9.48. The molecule has 0 aliphatic carbocycles. The molecule has 1 aromatic heterocycles. The lowest BCUT2D eigenvalue weighted by atomic mass is 9.94. The Labute approximate surface area is 225 Å². The number of ether oxygens (including phenoxy) is 2. The molecule has 194 valence electrons. The van der Waals surface area contributed by atoms with Crippen LogP contribution in [-0.2, 0) is 11.4 Å². The van der Waals surface area contributed by atoms with Crippen molar-refractivity contribution < 1.29 is 14.3 Å². The van der Waals surface area contributed by atoms with Gasteiger partial charge < -0.3 is 20.1 Å². The second kappa shape index (κ2) is 10.5. The van der Waals surface area contributed by atoms with Crippen LogP contribution in [0.2, 0.25) is 5.02 Å². The summed E-state index contributed by atoms with van der Waals surface area (Å²) in [4.78, 5) is 13.7. The van der Waals surface area contributed by atoms with E-state index in [1.807, 2.05) is 81.4 Å². The summed E-state index contributed by atoms with van der Waals surface area (Å²) >= 11 is 6.28. The number of tetrazole rings is 1. The molecule has 1 amide bonds. The molecule has 4 aromatic rings. The van der Waals surface area contributed by atoms with Gasteiger partial charge in [0, 0.05) is 22.0 Å². The molecular formula is C28H27ClN6O3. The molecule has 1 atom stereocenters. The first-order valence-corrected chi connectivity index (χ1v) is 12.4. The van der Waals surface area contributed by atoms with E-state index in [1.165, 1.54) is 0 Å². The van der Waals surface area contributed by atoms with Crippen LogP contribution >= 0.6 is 11.6 Å². The number of aryl methyl sites for hydroxylation is 2. The number of benzene rings is 3. The maximum Gasteiger partial charge on any atom is 0.255 e. The van der Waals surface area contributed by atoms with Crippen LogP contribution in [0, 0.1) is 13.8 Å². The average molecular weight is 531 g/mol. The zero-order valence-corrected chi connectivity index (χ0v) is 22.2. The smallest absolute Gasteiger partial charge is 0.255 e. The zero-order valence-electron chi connectivity index (χ0n) is 21.4. The molecule has 38 heavy (non-hydrogen) atoms. The van der Waals surface area contributed by atoms with Gasteiger partial charge in [0.15, 0.2) is 11.5 Å². The molecule has 0 spiro atoms. The van der Waals surface area contributed by atoms with Crippen molar-refractivity contribution in [1.29, 1.82) is 0 Å². The Morgan fingerprint density at radius 2 is 1.89 bits per heavy atom. The van der Waals surface area contributed by atoms with Crippen molar-refractivity contribution in [1.82, 2.24) is 20.2 Å². The topological polar surface area (TPSA) is 103 Å². The predicted molar refractivity (Wildman–Crippen MR) is 146 cm³/mol. The van der Waals surface area contributed by atoms with Crippen LogP contribution in [0.4, 0.5) is 11.6 Å². The fourth-order valence-corrected chi connectivity index (χ4v) is 4.69. The molecular weight excluding hydrogens is 504 g/mol. The largest absolute Gasteiger partial charge is 0.493 e. The number of carbonyl (C=O) groups excluding carboxylic acids is 1. The fourth-order valence-electron chi connectivity index (χ4n) is 4.50. The SMILES string of the molecule is COc1cc(C2C(C(=O)Nc3ccc(C)cc3C)=C(C)Nc3nnnn32)ccc1OCc1ccccc1Cl. The number of halogens is 1. The number of carbonyl (C=O) groups is 1. The number of aromatic nitrogens is 4. The van der Waals surface area contributed by atoms with E-state index in [0.29, 0.717) is 33.7 Å². The molecule has 0 fully saturated rings. The maximum atomic E-state index is 13.7. The number of allylic oxidation sites excluding steroid dienone is 1. The van der Waals surface area contributed by atoms with E-state index >= 15 is 0 Å². The van der Waals surface area contributed by atoms with Gasteiger partial charge >= 0.3 is 0 Å². The quantitative estimate of drug-likeness (QED) is 0.327. The number of amides is 1. The van der Waals surface area contributed by atoms with Gasteiger partial charge in [-0.3, -0.25) is 4.79 Å². The van der Waals surface area contributed by atoms with Gasteiger partial charge in [-0.1, -0.05) is 58.7 Å². The van der Waals surface area contributed by atoms with Crippen molar-refractivity contribution in [2.45, 2.75) is 33.4 Å². The van der Waals surface area contributed by atoms with E-state index in [0.717, 1.165) is 27.9 Å². The van der Waals surface area contributed by atoms with Gasteiger partial charge in [-0.05, 0) is 66.6 Å². The number of hydrogen-bond donors (Lipinski definition) is 2. The van der Waals surface area contributed by atoms with Gasteiger partial charge in [0.2, 0.25) is 5.95 Å². The molecule has 0 saturated heterocycles. The first kappa shape index (κ1) is 25.3. The summed E-state index contributed by atoms with van der Waals surface area (Å²) in [5.74, 6) is 1.23. The maximum absolute atomic E-state index is 13.7. The molecule has 1 unspecified atom stereocenters. The average Bonchev–Trinajstić information content (AvgIpc) is 3.37. The van der Waals surface area contributed by atoms with Crippen LogP contribution < -0.4 is 20.1 Å². The zero-order chi connectivity index (χ0) is 26.8. The number of methoxy groups -OCH3 is 1. The molecule has 1 aliphatic rings. The van der Waals surface area contributed by atoms with Crippen molar-refractivity contribution in [3.63, 3.8) is 0 Å². The number of fused-ring (bicyclic) bond motifs is 1.